The molecule has 1 N–H and O–H groups in total. The molecular weight excluding hydrogens is 348 g/mol. The van der Waals surface area contributed by atoms with E-state index in [1.807, 2.05) is 48.5 Å². The standard InChI is InChI=1S/C23H26N4O/c1-18(2)13-14-24-23(28)21-15-26-22(16-25-21)27(20-11-7-4-8-12-20)17-19-9-5-3-6-10-19/h3-12,15-16,18H,13-14,17H2,1-2H3,(H,24,28). The van der Waals surface area contributed by atoms with Crippen molar-refractivity contribution in [3.63, 3.8) is 0 Å². The topological polar surface area (TPSA) is 58.1 Å². The molecule has 0 aliphatic heterocycles. The van der Waals surface area contributed by atoms with Gasteiger partial charge in [0, 0.05) is 18.8 Å². The zero-order chi connectivity index (χ0) is 19.8. The molecule has 1 amide bonds. The Bertz CT molecular complexity index is 864. The molecule has 0 saturated heterocycles. The molecule has 0 unspecified atom stereocenters. The normalized spacial score (nSPS) is 10.7. The van der Waals surface area contributed by atoms with Gasteiger partial charge in [-0.3, -0.25) is 4.79 Å². The van der Waals surface area contributed by atoms with E-state index in [1.165, 1.54) is 5.56 Å². The van der Waals surface area contributed by atoms with Gasteiger partial charge in [-0.05, 0) is 30.0 Å². The van der Waals surface area contributed by atoms with Crippen LogP contribution in [0.2, 0.25) is 0 Å². The highest BCUT2D eigenvalue weighted by Gasteiger charge is 2.14. The number of nitrogens with zero attached hydrogens (tertiary/aromatic N) is 3. The number of carbonyl (C=O) groups excluding carboxylic acids is 1. The van der Waals surface area contributed by atoms with E-state index in [0.29, 0.717) is 30.5 Å². The van der Waals surface area contributed by atoms with Crippen LogP contribution in [-0.4, -0.2) is 22.4 Å². The summed E-state index contributed by atoms with van der Waals surface area (Å²) in [5.41, 5.74) is 2.53. The monoisotopic (exact) mass is 374 g/mol. The molecule has 0 bridgehead atoms. The van der Waals surface area contributed by atoms with Crippen molar-refractivity contribution < 1.29 is 4.79 Å². The van der Waals surface area contributed by atoms with Gasteiger partial charge in [0.15, 0.2) is 5.82 Å². The third-order valence-electron chi connectivity index (χ3n) is 4.41. The highest BCUT2D eigenvalue weighted by atomic mass is 16.1. The fourth-order valence-electron chi connectivity index (χ4n) is 2.82. The number of amides is 1. The molecule has 2 aromatic carbocycles. The first-order chi connectivity index (χ1) is 13.6. The van der Waals surface area contributed by atoms with Crippen LogP contribution in [0.15, 0.2) is 73.1 Å². The van der Waals surface area contributed by atoms with Gasteiger partial charge in [0.25, 0.3) is 5.91 Å². The second kappa shape index (κ2) is 9.65. The van der Waals surface area contributed by atoms with Crippen LogP contribution in [0, 0.1) is 5.92 Å². The molecule has 0 atom stereocenters. The molecule has 0 saturated carbocycles. The number of aromatic nitrogens is 2. The first-order valence-corrected chi connectivity index (χ1v) is 9.60. The van der Waals surface area contributed by atoms with Crippen molar-refractivity contribution in [2.24, 2.45) is 5.92 Å². The van der Waals surface area contributed by atoms with E-state index < -0.39 is 0 Å². The highest BCUT2D eigenvalue weighted by molar-refractivity contribution is 5.92. The van der Waals surface area contributed by atoms with Crippen LogP contribution < -0.4 is 10.2 Å². The molecule has 5 nitrogen and oxygen atoms in total. The van der Waals surface area contributed by atoms with Gasteiger partial charge >= 0.3 is 0 Å². The number of rotatable bonds is 8. The fourth-order valence-corrected chi connectivity index (χ4v) is 2.82. The second-order valence-corrected chi connectivity index (χ2v) is 7.11. The molecule has 5 heteroatoms. The van der Waals surface area contributed by atoms with E-state index in [9.17, 15) is 4.79 Å². The van der Waals surface area contributed by atoms with Gasteiger partial charge in [0.2, 0.25) is 0 Å². The number of hydrogen-bond donors (Lipinski definition) is 1. The molecule has 0 radical (unpaired) electrons. The van der Waals surface area contributed by atoms with E-state index in [1.54, 1.807) is 12.4 Å². The number of anilines is 2. The third kappa shape index (κ3) is 5.39. The molecule has 144 valence electrons. The quantitative estimate of drug-likeness (QED) is 0.626. The molecule has 1 heterocycles. The van der Waals surface area contributed by atoms with Crippen LogP contribution in [0.3, 0.4) is 0 Å². The van der Waals surface area contributed by atoms with Gasteiger partial charge in [-0.1, -0.05) is 62.4 Å². The molecule has 3 aromatic rings. The average molecular weight is 374 g/mol. The number of carbonyl (C=O) groups is 1. The Hall–Kier alpha value is -3.21. The summed E-state index contributed by atoms with van der Waals surface area (Å²) >= 11 is 0. The van der Waals surface area contributed by atoms with Crippen molar-refractivity contribution in [2.75, 3.05) is 11.4 Å². The molecule has 0 aliphatic carbocycles. The minimum atomic E-state index is -0.186. The van der Waals surface area contributed by atoms with Crippen LogP contribution >= 0.6 is 0 Å². The van der Waals surface area contributed by atoms with Gasteiger partial charge < -0.3 is 10.2 Å². The molecule has 3 rings (SSSR count). The Balaban J connectivity index is 1.78. The molecule has 1 aromatic heterocycles. The van der Waals surface area contributed by atoms with E-state index in [4.69, 9.17) is 0 Å². The van der Waals surface area contributed by atoms with Gasteiger partial charge in [0.1, 0.15) is 5.69 Å². The predicted molar refractivity (Wildman–Crippen MR) is 113 cm³/mol. The molecule has 0 fully saturated rings. The lowest BCUT2D eigenvalue weighted by atomic mass is 10.1. The molecular formula is C23H26N4O. The van der Waals surface area contributed by atoms with Crippen molar-refractivity contribution in [3.05, 3.63) is 84.3 Å². The van der Waals surface area contributed by atoms with Gasteiger partial charge in [-0.25, -0.2) is 9.97 Å². The lowest BCUT2D eigenvalue weighted by Crippen LogP contribution is -2.26. The molecule has 0 aliphatic rings. The van der Waals surface area contributed by atoms with Crippen molar-refractivity contribution in [1.29, 1.82) is 0 Å². The summed E-state index contributed by atoms with van der Waals surface area (Å²) in [6, 6.07) is 20.3. The zero-order valence-electron chi connectivity index (χ0n) is 16.4. The average Bonchev–Trinajstić information content (AvgIpc) is 2.73. The van der Waals surface area contributed by atoms with Crippen molar-refractivity contribution in [1.82, 2.24) is 15.3 Å². The summed E-state index contributed by atoms with van der Waals surface area (Å²) < 4.78 is 0. The summed E-state index contributed by atoms with van der Waals surface area (Å²) in [7, 11) is 0. The Morgan fingerprint density at radius 2 is 1.64 bits per heavy atom. The first kappa shape index (κ1) is 19.5. The minimum Gasteiger partial charge on any atom is -0.351 e. The third-order valence-corrected chi connectivity index (χ3v) is 4.41. The van der Waals surface area contributed by atoms with Crippen LogP contribution in [-0.2, 0) is 6.54 Å². The summed E-state index contributed by atoms with van der Waals surface area (Å²) in [6.45, 7) is 5.57. The Labute approximate surface area is 166 Å². The number of benzene rings is 2. The number of para-hydroxylation sites is 1. The second-order valence-electron chi connectivity index (χ2n) is 7.11. The maximum atomic E-state index is 12.2. The summed E-state index contributed by atoms with van der Waals surface area (Å²) in [4.78, 5) is 23.2. The maximum Gasteiger partial charge on any atom is 0.271 e. The van der Waals surface area contributed by atoms with Crippen molar-refractivity contribution in [2.45, 2.75) is 26.8 Å². The minimum absolute atomic E-state index is 0.186. The first-order valence-electron chi connectivity index (χ1n) is 9.60. The lowest BCUT2D eigenvalue weighted by Gasteiger charge is -2.23. The van der Waals surface area contributed by atoms with E-state index in [2.05, 4.69) is 46.2 Å². The lowest BCUT2D eigenvalue weighted by molar-refractivity contribution is 0.0946. The highest BCUT2D eigenvalue weighted by Crippen LogP contribution is 2.25. The van der Waals surface area contributed by atoms with Gasteiger partial charge in [-0.15, -0.1) is 0 Å². The SMILES string of the molecule is CC(C)CCNC(=O)c1cnc(N(Cc2ccccc2)c2ccccc2)cn1. The van der Waals surface area contributed by atoms with E-state index >= 15 is 0 Å². The summed E-state index contributed by atoms with van der Waals surface area (Å²) in [5.74, 6) is 1.06. The molecule has 0 spiro atoms. The fraction of sp³-hybridized carbons (Fsp3) is 0.261. The Morgan fingerprint density at radius 1 is 0.964 bits per heavy atom. The van der Waals surface area contributed by atoms with Crippen LogP contribution in [0.5, 0.6) is 0 Å². The van der Waals surface area contributed by atoms with Crippen LogP contribution in [0.4, 0.5) is 11.5 Å². The number of nitrogens with one attached hydrogen (secondary N) is 1. The van der Waals surface area contributed by atoms with Gasteiger partial charge in [-0.2, -0.15) is 0 Å². The van der Waals surface area contributed by atoms with E-state index in [-0.39, 0.29) is 5.91 Å². The molecule has 28 heavy (non-hydrogen) atoms. The Morgan fingerprint density at radius 3 is 2.25 bits per heavy atom. The zero-order valence-corrected chi connectivity index (χ0v) is 16.4. The van der Waals surface area contributed by atoms with Crippen molar-refractivity contribution >= 4 is 17.4 Å². The summed E-state index contributed by atoms with van der Waals surface area (Å²) in [6.07, 6.45) is 4.14. The predicted octanol–water partition coefficient (Wildman–Crippen LogP) is 4.59. The summed E-state index contributed by atoms with van der Waals surface area (Å²) in [5, 5.41) is 2.90. The van der Waals surface area contributed by atoms with Crippen molar-refractivity contribution in [3.8, 4) is 0 Å². The largest absolute Gasteiger partial charge is 0.351 e. The van der Waals surface area contributed by atoms with E-state index in [0.717, 1.165) is 12.1 Å². The van der Waals surface area contributed by atoms with Crippen LogP contribution in [0.25, 0.3) is 0 Å². The van der Waals surface area contributed by atoms with Gasteiger partial charge in [0.05, 0.1) is 12.4 Å². The van der Waals surface area contributed by atoms with Crippen LogP contribution in [0.1, 0.15) is 36.3 Å². The maximum absolute atomic E-state index is 12.2. The number of hydrogen-bond acceptors (Lipinski definition) is 4. The smallest absolute Gasteiger partial charge is 0.271 e. The Kier molecular flexibility index (Phi) is 6.73.